The minimum Gasteiger partial charge on any atom is -0.481 e. The van der Waals surface area contributed by atoms with Crippen molar-refractivity contribution in [3.8, 4) is 0 Å². The van der Waals surface area contributed by atoms with E-state index in [2.05, 4.69) is 18.8 Å². The highest BCUT2D eigenvalue weighted by atomic mass is 16.4. The Bertz CT molecular complexity index is 656. The number of aromatic nitrogens is 1. The van der Waals surface area contributed by atoms with Crippen molar-refractivity contribution >= 4 is 16.9 Å². The van der Waals surface area contributed by atoms with Gasteiger partial charge in [0.1, 0.15) is 0 Å². The van der Waals surface area contributed by atoms with E-state index < -0.39 is 5.97 Å². The Morgan fingerprint density at radius 1 is 1.33 bits per heavy atom. The van der Waals surface area contributed by atoms with Gasteiger partial charge in [-0.1, -0.05) is 19.9 Å². The van der Waals surface area contributed by atoms with E-state index in [0.717, 1.165) is 16.5 Å². The van der Waals surface area contributed by atoms with Gasteiger partial charge in [0.05, 0.1) is 6.42 Å². The van der Waals surface area contributed by atoms with E-state index in [1.54, 1.807) is 6.07 Å². The molecule has 2 aromatic rings. The molecule has 1 heterocycles. The number of carboxylic acid groups (broad SMARTS) is 1. The minimum atomic E-state index is -1.00. The van der Waals surface area contributed by atoms with E-state index in [9.17, 15) is 9.59 Å². The first kappa shape index (κ1) is 12.4. The molecule has 0 unspecified atom stereocenters. The average molecular weight is 245 g/mol. The number of benzene rings is 1. The zero-order chi connectivity index (χ0) is 13.3. The van der Waals surface area contributed by atoms with Gasteiger partial charge in [-0.15, -0.1) is 0 Å². The largest absolute Gasteiger partial charge is 0.481 e. The second-order valence-electron chi connectivity index (χ2n) is 4.70. The Kier molecular flexibility index (Phi) is 3.19. The van der Waals surface area contributed by atoms with E-state index in [4.69, 9.17) is 5.11 Å². The Morgan fingerprint density at radius 3 is 2.67 bits per heavy atom. The van der Waals surface area contributed by atoms with E-state index in [-0.39, 0.29) is 17.5 Å². The maximum atomic E-state index is 11.7. The van der Waals surface area contributed by atoms with E-state index >= 15 is 0 Å². The van der Waals surface area contributed by atoms with Crippen molar-refractivity contribution in [1.82, 2.24) is 4.98 Å². The molecule has 2 N–H and O–H groups in total. The molecule has 0 bridgehead atoms. The van der Waals surface area contributed by atoms with Crippen molar-refractivity contribution in [3.63, 3.8) is 0 Å². The van der Waals surface area contributed by atoms with Crippen LogP contribution in [0.1, 0.15) is 30.9 Å². The number of aromatic amines is 1. The van der Waals surface area contributed by atoms with Gasteiger partial charge in [0, 0.05) is 11.1 Å². The number of aliphatic carboxylic acids is 1. The normalized spacial score (nSPS) is 11.1. The van der Waals surface area contributed by atoms with Crippen molar-refractivity contribution in [2.45, 2.75) is 26.2 Å². The topological polar surface area (TPSA) is 70.2 Å². The minimum absolute atomic E-state index is 0.253. The molecule has 0 fully saturated rings. The first-order valence-electron chi connectivity index (χ1n) is 5.85. The number of carbonyl (C=O) groups is 1. The summed E-state index contributed by atoms with van der Waals surface area (Å²) in [6, 6.07) is 7.48. The van der Waals surface area contributed by atoms with Gasteiger partial charge >= 0.3 is 5.97 Å². The molecule has 18 heavy (non-hydrogen) atoms. The van der Waals surface area contributed by atoms with Crippen LogP contribution in [0, 0.1) is 0 Å². The lowest BCUT2D eigenvalue weighted by atomic mass is 10.0. The number of pyridine rings is 1. The lowest BCUT2D eigenvalue weighted by Crippen LogP contribution is -2.15. The number of fused-ring (bicyclic) bond motifs is 1. The molecule has 1 aromatic heterocycles. The number of nitrogens with one attached hydrogen (secondary N) is 1. The second kappa shape index (κ2) is 4.64. The van der Waals surface area contributed by atoms with Crippen LogP contribution in [0.4, 0.5) is 0 Å². The van der Waals surface area contributed by atoms with Crippen LogP contribution in [0.3, 0.4) is 0 Å². The summed E-state index contributed by atoms with van der Waals surface area (Å²) in [7, 11) is 0. The van der Waals surface area contributed by atoms with Crippen LogP contribution in [0.5, 0.6) is 0 Å². The number of carboxylic acids is 1. The average Bonchev–Trinajstić information content (AvgIpc) is 2.28. The van der Waals surface area contributed by atoms with Gasteiger partial charge in [-0.05, 0) is 35.1 Å². The highest BCUT2D eigenvalue weighted by Gasteiger charge is 2.08. The summed E-state index contributed by atoms with van der Waals surface area (Å²) in [6.45, 7) is 4.18. The Balaban J connectivity index is 2.59. The number of hydrogen-bond donors (Lipinski definition) is 2. The van der Waals surface area contributed by atoms with Crippen LogP contribution >= 0.6 is 0 Å². The molecule has 0 aliphatic rings. The monoisotopic (exact) mass is 245 g/mol. The molecule has 0 atom stereocenters. The molecule has 4 heteroatoms. The molecule has 94 valence electrons. The standard InChI is InChI=1S/C14H15NO3/c1-8(2)9-3-4-12-10(5-9)6-11(7-13(16)17)14(18)15-12/h3-6,8H,7H2,1-2H3,(H,15,18)(H,16,17). The molecule has 0 saturated carbocycles. The smallest absolute Gasteiger partial charge is 0.308 e. The quantitative estimate of drug-likeness (QED) is 0.871. The molecule has 0 aliphatic heterocycles. The molecule has 0 saturated heterocycles. The van der Waals surface area contributed by atoms with Gasteiger partial charge in [0.15, 0.2) is 0 Å². The van der Waals surface area contributed by atoms with Crippen LogP contribution in [-0.2, 0) is 11.2 Å². The summed E-state index contributed by atoms with van der Waals surface area (Å²) in [6.07, 6.45) is -0.253. The van der Waals surface area contributed by atoms with E-state index in [1.807, 2.05) is 18.2 Å². The Hall–Kier alpha value is -2.10. The first-order valence-corrected chi connectivity index (χ1v) is 5.85. The zero-order valence-corrected chi connectivity index (χ0v) is 10.4. The number of H-pyrrole nitrogens is 1. The van der Waals surface area contributed by atoms with Crippen LogP contribution in [0.15, 0.2) is 29.1 Å². The molecule has 0 aliphatic carbocycles. The Labute approximate surface area is 104 Å². The Morgan fingerprint density at radius 2 is 2.06 bits per heavy atom. The summed E-state index contributed by atoms with van der Waals surface area (Å²) >= 11 is 0. The van der Waals surface area contributed by atoms with Gasteiger partial charge in [0.2, 0.25) is 0 Å². The van der Waals surface area contributed by atoms with E-state index in [1.165, 1.54) is 0 Å². The lowest BCUT2D eigenvalue weighted by molar-refractivity contribution is -0.136. The molecular weight excluding hydrogens is 230 g/mol. The SMILES string of the molecule is CC(C)c1ccc2[nH]c(=O)c(CC(=O)O)cc2c1. The third kappa shape index (κ3) is 2.42. The van der Waals surface area contributed by atoms with Gasteiger partial charge in [0.25, 0.3) is 5.56 Å². The van der Waals surface area contributed by atoms with Gasteiger partial charge in [-0.2, -0.15) is 0 Å². The summed E-state index contributed by atoms with van der Waals surface area (Å²) in [5.41, 5.74) is 1.85. The van der Waals surface area contributed by atoms with Crippen LogP contribution in [0.2, 0.25) is 0 Å². The van der Waals surface area contributed by atoms with Crippen molar-refractivity contribution < 1.29 is 9.90 Å². The summed E-state index contributed by atoms with van der Waals surface area (Å²) in [5.74, 6) is -0.607. The second-order valence-corrected chi connectivity index (χ2v) is 4.70. The van der Waals surface area contributed by atoms with Gasteiger partial charge < -0.3 is 10.1 Å². The molecule has 2 rings (SSSR count). The third-order valence-electron chi connectivity index (χ3n) is 2.95. The first-order chi connectivity index (χ1) is 8.47. The van der Waals surface area contributed by atoms with Crippen molar-refractivity contribution in [2.75, 3.05) is 0 Å². The fraction of sp³-hybridized carbons (Fsp3) is 0.286. The molecule has 1 aromatic carbocycles. The van der Waals surface area contributed by atoms with Crippen LogP contribution in [-0.4, -0.2) is 16.1 Å². The molecule has 0 amide bonds. The summed E-state index contributed by atoms with van der Waals surface area (Å²) in [5, 5.41) is 9.63. The highest BCUT2D eigenvalue weighted by Crippen LogP contribution is 2.20. The zero-order valence-electron chi connectivity index (χ0n) is 10.4. The summed E-state index contributed by atoms with van der Waals surface area (Å²) < 4.78 is 0. The van der Waals surface area contributed by atoms with Crippen molar-refractivity contribution in [3.05, 3.63) is 45.7 Å². The van der Waals surface area contributed by atoms with Crippen molar-refractivity contribution in [1.29, 1.82) is 0 Å². The predicted octanol–water partition coefficient (Wildman–Crippen LogP) is 2.28. The van der Waals surface area contributed by atoms with Crippen LogP contribution in [0.25, 0.3) is 10.9 Å². The molecule has 4 nitrogen and oxygen atoms in total. The van der Waals surface area contributed by atoms with Crippen LogP contribution < -0.4 is 5.56 Å². The fourth-order valence-corrected chi connectivity index (χ4v) is 1.92. The van der Waals surface area contributed by atoms with Gasteiger partial charge in [-0.3, -0.25) is 9.59 Å². The predicted molar refractivity (Wildman–Crippen MR) is 70.0 cm³/mol. The number of rotatable bonds is 3. The molecule has 0 spiro atoms. The van der Waals surface area contributed by atoms with Gasteiger partial charge in [-0.25, -0.2) is 0 Å². The third-order valence-corrected chi connectivity index (χ3v) is 2.95. The maximum Gasteiger partial charge on any atom is 0.308 e. The molecule has 0 radical (unpaired) electrons. The highest BCUT2D eigenvalue weighted by molar-refractivity contribution is 5.81. The lowest BCUT2D eigenvalue weighted by Gasteiger charge is -2.07. The maximum absolute atomic E-state index is 11.7. The number of hydrogen-bond acceptors (Lipinski definition) is 2. The molecular formula is C14H15NO3. The fourth-order valence-electron chi connectivity index (χ4n) is 1.92. The van der Waals surface area contributed by atoms with E-state index in [0.29, 0.717) is 5.92 Å². The van der Waals surface area contributed by atoms with Crippen molar-refractivity contribution in [2.24, 2.45) is 0 Å². The summed E-state index contributed by atoms with van der Waals surface area (Å²) in [4.78, 5) is 25.1.